The van der Waals surface area contributed by atoms with E-state index in [4.69, 9.17) is 28.4 Å². The molecule has 0 spiro atoms. The van der Waals surface area contributed by atoms with Crippen molar-refractivity contribution >= 4 is 53.2 Å². The third-order valence-corrected chi connectivity index (χ3v) is 14.9. The first-order chi connectivity index (χ1) is 36.7. The Morgan fingerprint density at radius 1 is 0.584 bits per heavy atom. The van der Waals surface area contributed by atoms with Gasteiger partial charge in [0, 0.05) is 28.7 Å². The molecule has 4 fully saturated rings. The Morgan fingerprint density at radius 3 is 1.45 bits per heavy atom. The molecule has 2 saturated carbocycles. The number of hydrogen-bond acceptors (Lipinski definition) is 16. The average molecular weight is 1060 g/mol. The minimum absolute atomic E-state index is 0.139. The van der Waals surface area contributed by atoms with Gasteiger partial charge in [0.1, 0.15) is 62.0 Å². The maximum Gasteiger partial charge on any atom is 0.333 e. The third-order valence-electron chi connectivity index (χ3n) is 14.9. The molecule has 4 amide bonds. The molecular weight excluding hydrogens is 993 g/mol. The number of carbonyl (C=O) groups is 8. The van der Waals surface area contributed by atoms with Gasteiger partial charge in [-0.15, -0.1) is 0 Å². The van der Waals surface area contributed by atoms with Gasteiger partial charge in [0.05, 0.1) is 41.2 Å². The lowest BCUT2D eigenvalue weighted by molar-refractivity contribution is -0.157. The Hall–Kier alpha value is -7.70. The molecule has 0 bridgehead atoms. The van der Waals surface area contributed by atoms with Gasteiger partial charge >= 0.3 is 23.9 Å². The molecule has 18 heteroatoms. The fourth-order valence-corrected chi connectivity index (χ4v) is 10.4. The number of aliphatic hydroxyl groups is 2. The van der Waals surface area contributed by atoms with Gasteiger partial charge in [-0.05, 0) is 124 Å². The van der Waals surface area contributed by atoms with Crippen LogP contribution in [0.5, 0.6) is 17.2 Å². The second-order valence-electron chi connectivity index (χ2n) is 20.9. The topological polar surface area (TPSA) is 239 Å². The summed E-state index contributed by atoms with van der Waals surface area (Å²) in [6.07, 6.45) is 4.65. The van der Waals surface area contributed by atoms with Crippen LogP contribution in [0.2, 0.25) is 0 Å². The number of hydrogen-bond donors (Lipinski definition) is 2. The molecule has 3 aromatic carbocycles. The van der Waals surface area contributed by atoms with Crippen LogP contribution in [-0.2, 0) is 62.7 Å². The maximum atomic E-state index is 13.6. The van der Waals surface area contributed by atoms with Crippen molar-refractivity contribution in [2.24, 2.45) is 35.5 Å². The highest BCUT2D eigenvalue weighted by Gasteiger charge is 2.53. The first-order valence-corrected chi connectivity index (χ1v) is 25.8. The Kier molecular flexibility index (Phi) is 17.1. The van der Waals surface area contributed by atoms with E-state index in [1.54, 1.807) is 30.3 Å². The molecule has 9 unspecified atom stereocenters. The van der Waals surface area contributed by atoms with Gasteiger partial charge in [0.2, 0.25) is 23.6 Å². The first-order valence-electron chi connectivity index (χ1n) is 25.8. The fraction of sp³-hybridized carbons (Fsp3) is 0.424. The van der Waals surface area contributed by atoms with Crippen LogP contribution in [0.25, 0.3) is 0 Å². The lowest BCUT2D eigenvalue weighted by Crippen LogP contribution is -2.33. The summed E-state index contributed by atoms with van der Waals surface area (Å²) < 4.78 is 32.8. The second-order valence-corrected chi connectivity index (χ2v) is 20.9. The zero-order valence-corrected chi connectivity index (χ0v) is 43.6. The van der Waals surface area contributed by atoms with E-state index >= 15 is 0 Å². The number of likely N-dealkylation sites (tertiary alicyclic amines) is 1. The van der Waals surface area contributed by atoms with E-state index in [1.807, 2.05) is 60.7 Å². The SMILES string of the molecule is C=C(C)C(=O)OCC(O)COC(=O)C1CCC2C(=O)N(C3=CCC(Oc4ccc(C(C)(C)c5ccc(Oc6ccc(N7C(=O)C8CCC(C(=O)OCC(O)COC(=O)C(=C)C)CC8C7=O)cc6)cc5)cc4)C=C3)C(=O)C2C1. The summed E-state index contributed by atoms with van der Waals surface area (Å²) in [5, 5.41) is 20.2. The summed E-state index contributed by atoms with van der Waals surface area (Å²) in [7, 11) is 0. The minimum Gasteiger partial charge on any atom is -0.486 e. The molecule has 18 nitrogen and oxygen atoms in total. The van der Waals surface area contributed by atoms with Crippen LogP contribution < -0.4 is 14.4 Å². The van der Waals surface area contributed by atoms with Crippen molar-refractivity contribution in [3.05, 3.63) is 132 Å². The smallest absolute Gasteiger partial charge is 0.333 e. The number of fused-ring (bicyclic) bond motifs is 2. The van der Waals surface area contributed by atoms with Crippen LogP contribution in [0.3, 0.4) is 0 Å². The van der Waals surface area contributed by atoms with Crippen LogP contribution in [0.4, 0.5) is 5.69 Å². The van der Waals surface area contributed by atoms with Gasteiger partial charge < -0.3 is 38.6 Å². The molecule has 0 radical (unpaired) electrons. The number of allylic oxidation sites excluding steroid dienone is 1. The van der Waals surface area contributed by atoms with E-state index in [0.717, 1.165) is 11.1 Å². The number of esters is 4. The van der Waals surface area contributed by atoms with E-state index < -0.39 is 77.0 Å². The van der Waals surface area contributed by atoms with Gasteiger partial charge in [-0.25, -0.2) is 9.59 Å². The molecule has 2 heterocycles. The third kappa shape index (κ3) is 12.6. The number of ether oxygens (including phenoxy) is 6. The van der Waals surface area contributed by atoms with E-state index in [1.165, 1.54) is 23.6 Å². The summed E-state index contributed by atoms with van der Waals surface area (Å²) in [4.78, 5) is 106. The number of aliphatic hydroxyl groups excluding tert-OH is 2. The highest BCUT2D eigenvalue weighted by molar-refractivity contribution is 6.22. The zero-order chi connectivity index (χ0) is 55.3. The van der Waals surface area contributed by atoms with Crippen molar-refractivity contribution in [1.82, 2.24) is 4.90 Å². The maximum absolute atomic E-state index is 13.6. The van der Waals surface area contributed by atoms with Crippen LogP contribution in [0, 0.1) is 35.5 Å². The number of imide groups is 2. The number of amides is 4. The number of rotatable bonds is 20. The number of benzene rings is 3. The van der Waals surface area contributed by atoms with E-state index in [-0.39, 0.29) is 80.1 Å². The van der Waals surface area contributed by atoms with E-state index in [9.17, 15) is 48.6 Å². The first kappa shape index (κ1) is 55.5. The van der Waals surface area contributed by atoms with Gasteiger partial charge in [-0.1, -0.05) is 57.3 Å². The zero-order valence-electron chi connectivity index (χ0n) is 43.6. The molecule has 2 aliphatic heterocycles. The number of anilines is 1. The summed E-state index contributed by atoms with van der Waals surface area (Å²) in [6, 6.07) is 22.2. The molecule has 3 aromatic rings. The monoisotopic (exact) mass is 1060 g/mol. The molecule has 2 saturated heterocycles. The predicted molar refractivity (Wildman–Crippen MR) is 276 cm³/mol. The van der Waals surface area contributed by atoms with Crippen LogP contribution >= 0.6 is 0 Å². The summed E-state index contributed by atoms with van der Waals surface area (Å²) in [5.74, 6) is -5.84. The number of carbonyl (C=O) groups excluding carboxylic acids is 8. The van der Waals surface area contributed by atoms with Gasteiger partial charge in [-0.2, -0.15) is 0 Å². The standard InChI is InChI=1S/C59H64N2O16/c1-33(2)55(68)72-29-41(62)31-74-57(70)35-7-25-47-49(27-35)53(66)60(51(47)64)39-13-21-45(22-14-39)76-43-17-9-37(10-18-43)59(5,6)38-11-19-44(20-12-38)77-46-23-15-40(16-24-46)61-52(65)48-26-8-36(28-50(48)54(61)67)58(71)75-32-42(63)30-73-56(69)34(3)4/h9-23,35-36,41-42,46-50,62-63H,1,3,7-8,24-32H2,2,4-6H3. The summed E-state index contributed by atoms with van der Waals surface area (Å²) >= 11 is 0. The molecule has 3 aliphatic carbocycles. The fourth-order valence-electron chi connectivity index (χ4n) is 10.4. The van der Waals surface area contributed by atoms with Crippen molar-refractivity contribution in [1.29, 1.82) is 0 Å². The van der Waals surface area contributed by atoms with Crippen LogP contribution in [0.1, 0.15) is 83.8 Å². The molecule has 77 heavy (non-hydrogen) atoms. The predicted octanol–water partition coefficient (Wildman–Crippen LogP) is 6.75. The summed E-state index contributed by atoms with van der Waals surface area (Å²) in [6.45, 7) is 12.6. The van der Waals surface area contributed by atoms with Crippen molar-refractivity contribution < 1.29 is 77.0 Å². The van der Waals surface area contributed by atoms with Crippen molar-refractivity contribution in [2.75, 3.05) is 31.3 Å². The Bertz CT molecular complexity index is 2870. The molecular formula is C59H64N2O16. The molecule has 9 atom stereocenters. The largest absolute Gasteiger partial charge is 0.486 e. The van der Waals surface area contributed by atoms with Gasteiger partial charge in [0.25, 0.3) is 0 Å². The molecule has 5 aliphatic rings. The lowest BCUT2D eigenvalue weighted by Gasteiger charge is -2.27. The Balaban J connectivity index is 0.783. The normalized spacial score (nSPS) is 23.7. The Morgan fingerprint density at radius 2 is 1.00 bits per heavy atom. The minimum atomic E-state index is -1.23. The Labute approximate surface area is 446 Å². The van der Waals surface area contributed by atoms with Crippen molar-refractivity contribution in [2.45, 2.75) is 96.4 Å². The highest BCUT2D eigenvalue weighted by atomic mass is 16.6. The number of nitrogens with zero attached hydrogens (tertiary/aromatic N) is 2. The van der Waals surface area contributed by atoms with Gasteiger partial charge in [0.15, 0.2) is 0 Å². The lowest BCUT2D eigenvalue weighted by atomic mass is 9.75. The van der Waals surface area contributed by atoms with Crippen molar-refractivity contribution in [3.8, 4) is 17.2 Å². The highest BCUT2D eigenvalue weighted by Crippen LogP contribution is 2.45. The molecule has 2 N–H and O–H groups in total. The van der Waals surface area contributed by atoms with Crippen LogP contribution in [-0.4, -0.2) is 107 Å². The molecule has 8 rings (SSSR count). The van der Waals surface area contributed by atoms with Crippen molar-refractivity contribution in [3.63, 3.8) is 0 Å². The second kappa shape index (κ2) is 23.7. The van der Waals surface area contributed by atoms with E-state index in [2.05, 4.69) is 27.0 Å². The average Bonchev–Trinajstić information content (AvgIpc) is 3.87. The summed E-state index contributed by atoms with van der Waals surface area (Å²) in [5.41, 5.74) is 2.87. The van der Waals surface area contributed by atoms with Crippen LogP contribution in [0.15, 0.2) is 121 Å². The van der Waals surface area contributed by atoms with Gasteiger partial charge in [-0.3, -0.25) is 38.6 Å². The quantitative estimate of drug-likeness (QED) is 0.0515. The molecule has 0 aromatic heterocycles. The molecule has 406 valence electrons. The van der Waals surface area contributed by atoms with E-state index in [0.29, 0.717) is 60.7 Å².